The molecule has 0 aromatic heterocycles. The summed E-state index contributed by atoms with van der Waals surface area (Å²) in [7, 11) is 0. The Morgan fingerprint density at radius 3 is 2.03 bits per heavy atom. The Labute approximate surface area is 177 Å². The molecule has 1 amide bonds. The van der Waals surface area contributed by atoms with Gasteiger partial charge in [0.25, 0.3) is 0 Å². The number of amides is 1. The number of carbonyl (C=O) groups excluding carboxylic acids is 1. The Kier molecular flexibility index (Phi) is 5.66. The van der Waals surface area contributed by atoms with Crippen molar-refractivity contribution in [2.45, 2.75) is 18.4 Å². The van der Waals surface area contributed by atoms with Crippen molar-refractivity contribution in [3.05, 3.63) is 95.1 Å². The summed E-state index contributed by atoms with van der Waals surface area (Å²) in [5, 5.41) is 11.6. The number of aliphatic carboxylic acids is 1. The normalized spacial score (nSPS) is 13.2. The molecular weight excluding hydrogens is 404 g/mol. The lowest BCUT2D eigenvalue weighted by Gasteiger charge is -2.19. The van der Waals surface area contributed by atoms with Crippen LogP contribution < -0.4 is 5.32 Å². The average molecular weight is 423 g/mol. The van der Waals surface area contributed by atoms with Gasteiger partial charge in [0, 0.05) is 12.0 Å². The van der Waals surface area contributed by atoms with E-state index < -0.39 is 36.2 Å². The zero-order valence-electron chi connectivity index (χ0n) is 16.3. The van der Waals surface area contributed by atoms with Crippen LogP contribution in [0.4, 0.5) is 13.6 Å². The molecule has 0 heterocycles. The van der Waals surface area contributed by atoms with Crippen LogP contribution in [0.2, 0.25) is 0 Å². The predicted octanol–water partition coefficient (Wildman–Crippen LogP) is 5.02. The van der Waals surface area contributed by atoms with Crippen LogP contribution in [-0.2, 0) is 9.53 Å². The number of halogens is 2. The molecule has 0 saturated heterocycles. The highest BCUT2D eigenvalue weighted by Crippen LogP contribution is 2.44. The molecule has 1 aliphatic carbocycles. The lowest BCUT2D eigenvalue weighted by Crippen LogP contribution is -2.31. The quantitative estimate of drug-likeness (QED) is 0.584. The Balaban J connectivity index is 1.49. The van der Waals surface area contributed by atoms with E-state index in [9.17, 15) is 18.4 Å². The lowest BCUT2D eigenvalue weighted by molar-refractivity contribution is -0.137. The van der Waals surface area contributed by atoms with Crippen molar-refractivity contribution < 1.29 is 28.2 Å². The van der Waals surface area contributed by atoms with Crippen LogP contribution in [0.5, 0.6) is 0 Å². The first-order chi connectivity index (χ1) is 14.9. The van der Waals surface area contributed by atoms with Crippen molar-refractivity contribution in [3.63, 3.8) is 0 Å². The second kappa shape index (κ2) is 8.55. The number of hydrogen-bond acceptors (Lipinski definition) is 3. The van der Waals surface area contributed by atoms with Gasteiger partial charge in [0.2, 0.25) is 0 Å². The SMILES string of the molecule is O=C(O)C[C@H](NC(=O)OCC1c2ccccc2-c2ccccc21)c1cc(F)cc(F)c1. The number of nitrogens with one attached hydrogen (secondary N) is 1. The Bertz CT molecular complexity index is 1080. The van der Waals surface area contributed by atoms with Crippen LogP contribution in [0.3, 0.4) is 0 Å². The molecule has 31 heavy (non-hydrogen) atoms. The standard InChI is InChI=1S/C24H19F2NO4/c25-15-9-14(10-16(26)11-15)22(12-23(28)29)27-24(30)31-13-21-19-7-3-1-5-17(19)18-6-2-4-8-20(18)21/h1-11,21-22H,12-13H2,(H,27,30)(H,28,29)/t22-/m0/s1. The van der Waals surface area contributed by atoms with Crippen LogP contribution in [0, 0.1) is 11.6 Å². The van der Waals surface area contributed by atoms with Gasteiger partial charge in [0.05, 0.1) is 12.5 Å². The van der Waals surface area contributed by atoms with Crippen LogP contribution in [-0.4, -0.2) is 23.8 Å². The molecule has 3 aromatic rings. The number of ether oxygens (including phenoxy) is 1. The minimum atomic E-state index is -1.23. The van der Waals surface area contributed by atoms with Crippen LogP contribution in [0.1, 0.15) is 35.1 Å². The molecule has 0 fully saturated rings. The first kappa shape index (κ1) is 20.5. The summed E-state index contributed by atoms with van der Waals surface area (Å²) >= 11 is 0. The minimum Gasteiger partial charge on any atom is -0.481 e. The highest BCUT2D eigenvalue weighted by Gasteiger charge is 2.29. The lowest BCUT2D eigenvalue weighted by atomic mass is 9.98. The topological polar surface area (TPSA) is 75.6 Å². The first-order valence-corrected chi connectivity index (χ1v) is 9.71. The number of carboxylic acids is 1. The molecule has 158 valence electrons. The van der Waals surface area contributed by atoms with E-state index in [0.717, 1.165) is 34.4 Å². The predicted molar refractivity (Wildman–Crippen MR) is 110 cm³/mol. The number of hydrogen-bond donors (Lipinski definition) is 2. The van der Waals surface area contributed by atoms with Crippen LogP contribution >= 0.6 is 0 Å². The Hall–Kier alpha value is -3.74. The molecule has 0 bridgehead atoms. The zero-order chi connectivity index (χ0) is 22.0. The molecule has 1 atom stereocenters. The third-order valence-electron chi connectivity index (χ3n) is 5.30. The van der Waals surface area contributed by atoms with Gasteiger partial charge < -0.3 is 15.2 Å². The largest absolute Gasteiger partial charge is 0.481 e. The summed E-state index contributed by atoms with van der Waals surface area (Å²) in [4.78, 5) is 23.6. The summed E-state index contributed by atoms with van der Waals surface area (Å²) in [6.45, 7) is 0.0389. The monoisotopic (exact) mass is 423 g/mol. The van der Waals surface area contributed by atoms with Crippen molar-refractivity contribution in [1.29, 1.82) is 0 Å². The third-order valence-corrected chi connectivity index (χ3v) is 5.30. The maximum atomic E-state index is 13.6. The molecule has 4 rings (SSSR count). The molecule has 0 spiro atoms. The second-order valence-electron chi connectivity index (χ2n) is 7.32. The molecular formula is C24H19F2NO4. The molecule has 0 unspecified atom stereocenters. The van der Waals surface area contributed by atoms with Crippen molar-refractivity contribution in [1.82, 2.24) is 5.32 Å². The fourth-order valence-corrected chi connectivity index (χ4v) is 3.99. The van der Waals surface area contributed by atoms with E-state index in [2.05, 4.69) is 5.32 Å². The highest BCUT2D eigenvalue weighted by molar-refractivity contribution is 5.79. The van der Waals surface area contributed by atoms with Crippen molar-refractivity contribution >= 4 is 12.1 Å². The number of carboxylic acid groups (broad SMARTS) is 1. The number of carbonyl (C=O) groups is 2. The Morgan fingerprint density at radius 2 is 1.48 bits per heavy atom. The number of alkyl carbamates (subject to hydrolysis) is 1. The van der Waals surface area contributed by atoms with Gasteiger partial charge in [0.15, 0.2) is 0 Å². The minimum absolute atomic E-state index is 0.00778. The summed E-state index contributed by atoms with van der Waals surface area (Å²) in [6.07, 6.45) is -1.41. The van der Waals surface area contributed by atoms with Crippen molar-refractivity contribution in [2.24, 2.45) is 0 Å². The maximum Gasteiger partial charge on any atom is 0.407 e. The van der Waals surface area contributed by atoms with E-state index in [4.69, 9.17) is 9.84 Å². The maximum absolute atomic E-state index is 13.6. The van der Waals surface area contributed by atoms with Gasteiger partial charge in [0.1, 0.15) is 18.2 Å². The second-order valence-corrected chi connectivity index (χ2v) is 7.32. The molecule has 1 aliphatic rings. The number of benzene rings is 3. The van der Waals surface area contributed by atoms with Crippen LogP contribution in [0.25, 0.3) is 11.1 Å². The molecule has 0 saturated carbocycles. The van der Waals surface area contributed by atoms with Crippen LogP contribution in [0.15, 0.2) is 66.7 Å². The highest BCUT2D eigenvalue weighted by atomic mass is 19.1. The summed E-state index contributed by atoms with van der Waals surface area (Å²) in [5.74, 6) is -3.12. The smallest absolute Gasteiger partial charge is 0.407 e. The third kappa shape index (κ3) is 4.40. The van der Waals surface area contributed by atoms with E-state index in [1.54, 1.807) is 0 Å². The van der Waals surface area contributed by atoms with Gasteiger partial charge in [-0.2, -0.15) is 0 Å². The molecule has 0 aliphatic heterocycles. The molecule has 0 radical (unpaired) electrons. The van der Waals surface area contributed by atoms with E-state index in [-0.39, 0.29) is 18.1 Å². The molecule has 5 nitrogen and oxygen atoms in total. The first-order valence-electron chi connectivity index (χ1n) is 9.71. The van der Waals surface area contributed by atoms with Gasteiger partial charge in [-0.05, 0) is 39.9 Å². The van der Waals surface area contributed by atoms with E-state index in [0.29, 0.717) is 6.07 Å². The average Bonchev–Trinajstić information content (AvgIpc) is 3.05. The molecule has 7 heteroatoms. The fourth-order valence-electron chi connectivity index (χ4n) is 3.99. The number of fused-ring (bicyclic) bond motifs is 3. The summed E-state index contributed by atoms with van der Waals surface area (Å²) in [6, 6.07) is 17.2. The summed E-state index contributed by atoms with van der Waals surface area (Å²) in [5.41, 5.74) is 4.22. The van der Waals surface area contributed by atoms with Crippen molar-refractivity contribution in [3.8, 4) is 11.1 Å². The van der Waals surface area contributed by atoms with Gasteiger partial charge >= 0.3 is 12.1 Å². The number of rotatable bonds is 6. The van der Waals surface area contributed by atoms with Gasteiger partial charge in [-0.3, -0.25) is 4.79 Å². The van der Waals surface area contributed by atoms with E-state index in [1.807, 2.05) is 48.5 Å². The van der Waals surface area contributed by atoms with Gasteiger partial charge in [-0.1, -0.05) is 48.5 Å². The van der Waals surface area contributed by atoms with Crippen molar-refractivity contribution in [2.75, 3.05) is 6.61 Å². The fraction of sp³-hybridized carbons (Fsp3) is 0.167. The summed E-state index contributed by atoms with van der Waals surface area (Å²) < 4.78 is 32.5. The molecule has 2 N–H and O–H groups in total. The van der Waals surface area contributed by atoms with E-state index >= 15 is 0 Å². The van der Waals surface area contributed by atoms with Gasteiger partial charge in [-0.25, -0.2) is 13.6 Å². The van der Waals surface area contributed by atoms with E-state index in [1.165, 1.54) is 0 Å². The van der Waals surface area contributed by atoms with Gasteiger partial charge in [-0.15, -0.1) is 0 Å². The Morgan fingerprint density at radius 1 is 0.935 bits per heavy atom. The zero-order valence-corrected chi connectivity index (χ0v) is 16.3. The molecule has 3 aromatic carbocycles.